The van der Waals surface area contributed by atoms with Crippen molar-refractivity contribution < 1.29 is 28.0 Å². The zero-order valence-electron chi connectivity index (χ0n) is 27.4. The molecule has 0 atom stereocenters. The topological polar surface area (TPSA) is 203 Å². The zero-order valence-corrected chi connectivity index (χ0v) is 28.2. The minimum Gasteiger partial charge on any atom is -0.465 e. The summed E-state index contributed by atoms with van der Waals surface area (Å²) in [5.74, 6) is -0.389. The maximum Gasteiger partial charge on any atom is 0.414 e. The monoisotopic (exact) mass is 706 g/mol. The number of carbonyl (C=O) groups excluding carboxylic acids is 1. The molecule has 0 unspecified atom stereocenters. The third-order valence-corrected chi connectivity index (χ3v) is 9.28. The number of hydrogen-bond acceptors (Lipinski definition) is 10. The Hall–Kier alpha value is -6.68. The largest absolute Gasteiger partial charge is 0.465 e. The fraction of sp³-hybridized carbons (Fsp3) is 0.114. The average molecular weight is 707 g/mol. The van der Waals surface area contributed by atoms with Gasteiger partial charge in [0, 0.05) is 64.0 Å². The maximum absolute atomic E-state index is 13.3. The Labute approximate surface area is 291 Å². The minimum atomic E-state index is -3.92. The van der Waals surface area contributed by atoms with E-state index in [0.29, 0.717) is 28.0 Å². The second kappa shape index (κ2) is 13.3. The Morgan fingerprint density at radius 1 is 0.902 bits per heavy atom. The summed E-state index contributed by atoms with van der Waals surface area (Å²) in [5, 5.41) is 27.5. The van der Waals surface area contributed by atoms with E-state index < -0.39 is 32.5 Å². The van der Waals surface area contributed by atoms with Crippen LogP contribution >= 0.6 is 0 Å². The summed E-state index contributed by atoms with van der Waals surface area (Å²) in [6.07, 6.45) is 1.59. The highest BCUT2D eigenvalue weighted by atomic mass is 32.2. The standard InChI is InChI=1S/C35H30N8O7S/c1-35(2,3)42(34(45)46)33-39-29(24-18-23-16-17-41(31(23)36-21-24)51(49,50)28-10-5-4-6-11-28)20-30(40-33)37-25-8-7-9-26(19-25)38-32(44)22-12-14-27(15-13-22)43(47)48/h4-21H,1-3H3,(H,38,44)(H,45,46)(H,37,39,40). The summed E-state index contributed by atoms with van der Waals surface area (Å²) in [4.78, 5) is 50.4. The highest BCUT2D eigenvalue weighted by molar-refractivity contribution is 7.90. The van der Waals surface area contributed by atoms with Crippen LogP contribution in [0.25, 0.3) is 22.3 Å². The molecule has 0 fully saturated rings. The third-order valence-electron chi connectivity index (χ3n) is 7.60. The third kappa shape index (κ3) is 7.20. The molecule has 51 heavy (non-hydrogen) atoms. The molecular weight excluding hydrogens is 677 g/mol. The van der Waals surface area contributed by atoms with Crippen LogP contribution in [0.4, 0.5) is 33.6 Å². The number of non-ortho nitro benzene ring substituents is 1. The van der Waals surface area contributed by atoms with Gasteiger partial charge in [-0.2, -0.15) is 4.98 Å². The van der Waals surface area contributed by atoms with Gasteiger partial charge in [-0.05, 0) is 75.4 Å². The number of pyridine rings is 1. The number of carboxylic acid groups (broad SMARTS) is 1. The molecule has 3 heterocycles. The molecule has 0 saturated heterocycles. The lowest BCUT2D eigenvalue weighted by molar-refractivity contribution is -0.384. The van der Waals surface area contributed by atoms with Crippen LogP contribution in [-0.4, -0.2) is 54.9 Å². The molecule has 6 rings (SSSR count). The molecule has 0 aliphatic carbocycles. The summed E-state index contributed by atoms with van der Waals surface area (Å²) in [6.45, 7) is 5.10. The van der Waals surface area contributed by atoms with Gasteiger partial charge in [0.05, 0.1) is 15.5 Å². The number of aromatic nitrogens is 4. The second-order valence-electron chi connectivity index (χ2n) is 12.3. The van der Waals surface area contributed by atoms with Crippen molar-refractivity contribution in [2.45, 2.75) is 31.2 Å². The van der Waals surface area contributed by atoms with Gasteiger partial charge in [0.25, 0.3) is 21.6 Å². The molecule has 0 aliphatic heterocycles. The van der Waals surface area contributed by atoms with Crippen molar-refractivity contribution in [3.63, 3.8) is 0 Å². The van der Waals surface area contributed by atoms with E-state index in [9.17, 15) is 33.2 Å². The van der Waals surface area contributed by atoms with E-state index in [1.165, 1.54) is 48.8 Å². The van der Waals surface area contributed by atoms with Gasteiger partial charge >= 0.3 is 6.09 Å². The fourth-order valence-electron chi connectivity index (χ4n) is 5.22. The molecule has 0 aliphatic rings. The van der Waals surface area contributed by atoms with E-state index in [0.717, 1.165) is 8.87 Å². The molecule has 258 valence electrons. The second-order valence-corrected chi connectivity index (χ2v) is 14.1. The predicted octanol–water partition coefficient (Wildman–Crippen LogP) is 6.92. The van der Waals surface area contributed by atoms with Crippen LogP contribution < -0.4 is 15.5 Å². The molecule has 15 nitrogen and oxygen atoms in total. The van der Waals surface area contributed by atoms with Gasteiger partial charge < -0.3 is 15.7 Å². The Kier molecular flexibility index (Phi) is 8.93. The number of amides is 2. The summed E-state index contributed by atoms with van der Waals surface area (Å²) in [6, 6.07) is 24.8. The van der Waals surface area contributed by atoms with Crippen molar-refractivity contribution in [3.05, 3.63) is 125 Å². The van der Waals surface area contributed by atoms with E-state index in [2.05, 4.69) is 25.6 Å². The SMILES string of the molecule is CC(C)(C)N(C(=O)O)c1nc(Nc2cccc(NC(=O)c3ccc([N+](=O)[O-])cc3)c2)cc(-c2cnc3c(ccn3S(=O)(=O)c3ccccc3)c2)n1. The lowest BCUT2D eigenvalue weighted by atomic mass is 10.1. The van der Waals surface area contributed by atoms with Crippen LogP contribution in [0.3, 0.4) is 0 Å². The van der Waals surface area contributed by atoms with Crippen LogP contribution in [0.5, 0.6) is 0 Å². The van der Waals surface area contributed by atoms with Crippen molar-refractivity contribution in [2.24, 2.45) is 0 Å². The van der Waals surface area contributed by atoms with E-state index in [-0.39, 0.29) is 33.6 Å². The first kappa shape index (κ1) is 34.2. The van der Waals surface area contributed by atoms with Gasteiger partial charge in [0.2, 0.25) is 5.95 Å². The van der Waals surface area contributed by atoms with E-state index in [4.69, 9.17) is 0 Å². The van der Waals surface area contributed by atoms with Gasteiger partial charge in [-0.1, -0.05) is 24.3 Å². The molecule has 0 saturated carbocycles. The van der Waals surface area contributed by atoms with Gasteiger partial charge in [-0.25, -0.2) is 32.1 Å². The highest BCUT2D eigenvalue weighted by Crippen LogP contribution is 2.31. The quantitative estimate of drug-likeness (QED) is 0.104. The van der Waals surface area contributed by atoms with Crippen molar-refractivity contribution >= 4 is 61.9 Å². The van der Waals surface area contributed by atoms with Gasteiger partial charge in [-0.3, -0.25) is 14.9 Å². The number of rotatable bonds is 9. The lowest BCUT2D eigenvalue weighted by Gasteiger charge is -2.31. The number of nitro benzene ring substituents is 1. The number of nitrogens with zero attached hydrogens (tertiary/aromatic N) is 6. The van der Waals surface area contributed by atoms with Gasteiger partial charge in [0.1, 0.15) is 5.82 Å². The minimum absolute atomic E-state index is 0.107. The molecule has 3 N–H and O–H groups in total. The van der Waals surface area contributed by atoms with E-state index in [1.807, 2.05) is 0 Å². The summed E-state index contributed by atoms with van der Waals surface area (Å²) in [5.41, 5.74) is 1.00. The molecular formula is C35H30N8O7S. The predicted molar refractivity (Wildman–Crippen MR) is 191 cm³/mol. The average Bonchev–Trinajstić information content (AvgIpc) is 3.52. The Balaban J connectivity index is 1.35. The van der Waals surface area contributed by atoms with Crippen molar-refractivity contribution in [3.8, 4) is 11.3 Å². The Bertz CT molecular complexity index is 2410. The molecule has 16 heteroatoms. The molecule has 6 aromatic rings. The van der Waals surface area contributed by atoms with Crippen molar-refractivity contribution in [2.75, 3.05) is 15.5 Å². The summed E-state index contributed by atoms with van der Waals surface area (Å²) < 4.78 is 27.8. The number of hydrogen-bond donors (Lipinski definition) is 3. The van der Waals surface area contributed by atoms with Gasteiger partial charge in [0.15, 0.2) is 5.65 Å². The number of benzene rings is 3. The van der Waals surface area contributed by atoms with Crippen LogP contribution in [0.15, 0.2) is 114 Å². The molecule has 3 aromatic heterocycles. The Morgan fingerprint density at radius 2 is 1.61 bits per heavy atom. The fourth-order valence-corrected chi connectivity index (χ4v) is 6.55. The van der Waals surface area contributed by atoms with Crippen molar-refractivity contribution in [1.82, 2.24) is 18.9 Å². The number of nitrogens with one attached hydrogen (secondary N) is 2. The van der Waals surface area contributed by atoms with Crippen LogP contribution in [-0.2, 0) is 10.0 Å². The first-order valence-electron chi connectivity index (χ1n) is 15.3. The zero-order chi connectivity index (χ0) is 36.5. The summed E-state index contributed by atoms with van der Waals surface area (Å²) >= 11 is 0. The lowest BCUT2D eigenvalue weighted by Crippen LogP contribution is -2.46. The van der Waals surface area contributed by atoms with E-state index in [1.54, 1.807) is 81.4 Å². The molecule has 0 bridgehead atoms. The highest BCUT2D eigenvalue weighted by Gasteiger charge is 2.31. The number of fused-ring (bicyclic) bond motifs is 1. The van der Waals surface area contributed by atoms with Crippen LogP contribution in [0.1, 0.15) is 31.1 Å². The number of anilines is 4. The number of nitro groups is 1. The Morgan fingerprint density at radius 3 is 2.27 bits per heavy atom. The van der Waals surface area contributed by atoms with Gasteiger partial charge in [-0.15, -0.1) is 0 Å². The van der Waals surface area contributed by atoms with E-state index >= 15 is 0 Å². The normalized spacial score (nSPS) is 11.6. The number of carbonyl (C=O) groups is 2. The molecule has 3 aromatic carbocycles. The van der Waals surface area contributed by atoms with Crippen molar-refractivity contribution in [1.29, 1.82) is 0 Å². The summed E-state index contributed by atoms with van der Waals surface area (Å²) in [7, 11) is -3.92. The molecule has 0 radical (unpaired) electrons. The van der Waals surface area contributed by atoms with Crippen LogP contribution in [0.2, 0.25) is 0 Å². The maximum atomic E-state index is 13.3. The molecule has 2 amide bonds. The smallest absolute Gasteiger partial charge is 0.414 e. The van der Waals surface area contributed by atoms with Crippen LogP contribution in [0, 0.1) is 10.1 Å². The first-order chi connectivity index (χ1) is 24.2. The molecule has 0 spiro atoms. The first-order valence-corrected chi connectivity index (χ1v) is 16.8.